The van der Waals surface area contributed by atoms with Crippen molar-refractivity contribution in [2.75, 3.05) is 4.72 Å². The first kappa shape index (κ1) is 13.9. The minimum atomic E-state index is -3.56. The van der Waals surface area contributed by atoms with Crippen LogP contribution in [0.3, 0.4) is 0 Å². The Labute approximate surface area is 119 Å². The molecule has 0 aromatic heterocycles. The topological polar surface area (TPSA) is 46.2 Å². The number of nitrogens with one attached hydrogen (secondary N) is 1. The van der Waals surface area contributed by atoms with Gasteiger partial charge in [0.1, 0.15) is 0 Å². The van der Waals surface area contributed by atoms with Crippen LogP contribution in [0.1, 0.15) is 11.1 Å². The Morgan fingerprint density at radius 2 is 1.80 bits per heavy atom. The van der Waals surface area contributed by atoms with E-state index in [2.05, 4.69) is 10.6 Å². The Morgan fingerprint density at radius 1 is 1.05 bits per heavy atom. The van der Waals surface area contributed by atoms with Crippen LogP contribution in [0.15, 0.2) is 60.0 Å². The molecule has 4 heteroatoms. The molecule has 0 fully saturated rings. The van der Waals surface area contributed by atoms with Crippen molar-refractivity contribution in [2.45, 2.75) is 0 Å². The maximum absolute atomic E-state index is 11.9. The molecule has 100 valence electrons. The molecular formula is C16H13NO2S. The number of terminal acetylenes is 1. The maximum atomic E-state index is 11.9. The van der Waals surface area contributed by atoms with Gasteiger partial charge < -0.3 is 0 Å². The van der Waals surface area contributed by atoms with E-state index in [0.29, 0.717) is 11.3 Å². The SMILES string of the molecule is C#Cc1cccc(NS(=O)(=O)/C=C/c2ccccc2)c1. The molecule has 0 unspecified atom stereocenters. The second kappa shape index (κ2) is 6.09. The molecule has 0 saturated carbocycles. The van der Waals surface area contributed by atoms with Crippen molar-refractivity contribution in [1.82, 2.24) is 0 Å². The molecule has 0 aliphatic rings. The van der Waals surface area contributed by atoms with Crippen LogP contribution in [0.2, 0.25) is 0 Å². The average Bonchev–Trinajstić information content (AvgIpc) is 2.46. The van der Waals surface area contributed by atoms with E-state index in [1.165, 1.54) is 6.08 Å². The highest BCUT2D eigenvalue weighted by molar-refractivity contribution is 7.95. The molecule has 20 heavy (non-hydrogen) atoms. The number of sulfonamides is 1. The van der Waals surface area contributed by atoms with E-state index in [9.17, 15) is 8.42 Å². The van der Waals surface area contributed by atoms with Gasteiger partial charge >= 0.3 is 0 Å². The first-order valence-electron chi connectivity index (χ1n) is 5.92. The summed E-state index contributed by atoms with van der Waals surface area (Å²) in [5.74, 6) is 2.46. The highest BCUT2D eigenvalue weighted by atomic mass is 32.2. The number of benzene rings is 2. The zero-order valence-electron chi connectivity index (χ0n) is 10.7. The zero-order valence-corrected chi connectivity index (χ0v) is 11.5. The molecular weight excluding hydrogens is 270 g/mol. The highest BCUT2D eigenvalue weighted by Gasteiger charge is 2.05. The molecule has 0 amide bonds. The Kier molecular flexibility index (Phi) is 4.24. The molecule has 0 aliphatic carbocycles. The van der Waals surface area contributed by atoms with Crippen LogP contribution >= 0.6 is 0 Å². The van der Waals surface area contributed by atoms with Gasteiger partial charge in [-0.25, -0.2) is 8.42 Å². The van der Waals surface area contributed by atoms with Gasteiger partial charge in [0.25, 0.3) is 10.0 Å². The first-order valence-corrected chi connectivity index (χ1v) is 7.46. The molecule has 0 heterocycles. The van der Waals surface area contributed by atoms with E-state index in [1.54, 1.807) is 24.3 Å². The first-order chi connectivity index (χ1) is 9.59. The fourth-order valence-corrected chi connectivity index (χ4v) is 2.46. The summed E-state index contributed by atoms with van der Waals surface area (Å²) < 4.78 is 26.3. The fraction of sp³-hybridized carbons (Fsp3) is 0. The van der Waals surface area contributed by atoms with Gasteiger partial charge in [0.05, 0.1) is 11.1 Å². The van der Waals surface area contributed by atoms with Crippen molar-refractivity contribution in [3.05, 3.63) is 71.1 Å². The van der Waals surface area contributed by atoms with Gasteiger partial charge in [-0.2, -0.15) is 0 Å². The molecule has 0 aliphatic heterocycles. The zero-order chi connectivity index (χ0) is 14.4. The van der Waals surface area contributed by atoms with Crippen molar-refractivity contribution in [3.8, 4) is 12.3 Å². The minimum absolute atomic E-state index is 0.443. The molecule has 1 N–H and O–H groups in total. The molecule has 2 aromatic carbocycles. The summed E-state index contributed by atoms with van der Waals surface area (Å²) in [6, 6.07) is 15.9. The predicted molar refractivity (Wildman–Crippen MR) is 82.4 cm³/mol. The van der Waals surface area contributed by atoms with E-state index in [0.717, 1.165) is 11.0 Å². The molecule has 0 atom stereocenters. The second-order valence-corrected chi connectivity index (χ2v) is 5.65. The molecule has 2 aromatic rings. The summed E-state index contributed by atoms with van der Waals surface area (Å²) in [4.78, 5) is 0. The Morgan fingerprint density at radius 3 is 2.50 bits per heavy atom. The molecule has 0 saturated heterocycles. The summed E-state index contributed by atoms with van der Waals surface area (Å²) >= 11 is 0. The van der Waals surface area contributed by atoms with E-state index >= 15 is 0 Å². The Bertz CT molecular complexity index is 757. The predicted octanol–water partition coefficient (Wildman–Crippen LogP) is 3.08. The molecule has 2 rings (SSSR count). The maximum Gasteiger partial charge on any atom is 0.255 e. The fourth-order valence-electron chi connectivity index (χ4n) is 1.60. The smallest absolute Gasteiger partial charge is 0.255 e. The third-order valence-corrected chi connectivity index (χ3v) is 3.54. The largest absolute Gasteiger partial charge is 0.280 e. The minimum Gasteiger partial charge on any atom is -0.280 e. The normalized spacial score (nSPS) is 11.2. The third-order valence-electron chi connectivity index (χ3n) is 2.53. The van der Waals surface area contributed by atoms with Crippen molar-refractivity contribution >= 4 is 21.8 Å². The lowest BCUT2D eigenvalue weighted by molar-refractivity contribution is 0.609. The number of rotatable bonds is 4. The molecule has 0 bridgehead atoms. The Hall–Kier alpha value is -2.51. The van der Waals surface area contributed by atoms with Crippen LogP contribution in [0.4, 0.5) is 5.69 Å². The van der Waals surface area contributed by atoms with Crippen LogP contribution in [0, 0.1) is 12.3 Å². The van der Waals surface area contributed by atoms with E-state index < -0.39 is 10.0 Å². The van der Waals surface area contributed by atoms with Gasteiger partial charge in [-0.1, -0.05) is 42.3 Å². The number of anilines is 1. The summed E-state index contributed by atoms with van der Waals surface area (Å²) in [5, 5.41) is 1.13. The van der Waals surface area contributed by atoms with Gasteiger partial charge in [0.15, 0.2) is 0 Å². The van der Waals surface area contributed by atoms with Crippen LogP contribution in [-0.4, -0.2) is 8.42 Å². The van der Waals surface area contributed by atoms with Crippen LogP contribution in [0.5, 0.6) is 0 Å². The van der Waals surface area contributed by atoms with Crippen LogP contribution in [-0.2, 0) is 10.0 Å². The van der Waals surface area contributed by atoms with Gasteiger partial charge in [-0.3, -0.25) is 4.72 Å². The van der Waals surface area contributed by atoms with Crippen molar-refractivity contribution < 1.29 is 8.42 Å². The summed E-state index contributed by atoms with van der Waals surface area (Å²) in [5.41, 5.74) is 1.88. The van der Waals surface area contributed by atoms with Crippen molar-refractivity contribution in [2.24, 2.45) is 0 Å². The number of hydrogen-bond donors (Lipinski definition) is 1. The van der Waals surface area contributed by atoms with Gasteiger partial charge in [-0.15, -0.1) is 6.42 Å². The van der Waals surface area contributed by atoms with Crippen LogP contribution < -0.4 is 4.72 Å². The van der Waals surface area contributed by atoms with Gasteiger partial charge in [0.2, 0.25) is 0 Å². The third kappa shape index (κ3) is 4.01. The lowest BCUT2D eigenvalue weighted by atomic mass is 10.2. The highest BCUT2D eigenvalue weighted by Crippen LogP contribution is 2.13. The Balaban J connectivity index is 2.15. The molecule has 3 nitrogen and oxygen atoms in total. The lowest BCUT2D eigenvalue weighted by Crippen LogP contribution is -2.08. The molecule has 0 spiro atoms. The van der Waals surface area contributed by atoms with Gasteiger partial charge in [-0.05, 0) is 29.8 Å². The monoisotopic (exact) mass is 283 g/mol. The summed E-state index contributed by atoms with van der Waals surface area (Å²) in [7, 11) is -3.56. The average molecular weight is 283 g/mol. The van der Waals surface area contributed by atoms with Crippen molar-refractivity contribution in [1.29, 1.82) is 0 Å². The van der Waals surface area contributed by atoms with Crippen molar-refractivity contribution in [3.63, 3.8) is 0 Å². The quantitative estimate of drug-likeness (QED) is 0.876. The summed E-state index contributed by atoms with van der Waals surface area (Å²) in [6.07, 6.45) is 6.81. The van der Waals surface area contributed by atoms with E-state index in [4.69, 9.17) is 6.42 Å². The van der Waals surface area contributed by atoms with E-state index in [1.807, 2.05) is 30.3 Å². The lowest BCUT2D eigenvalue weighted by Gasteiger charge is -2.04. The molecule has 0 radical (unpaired) electrons. The summed E-state index contributed by atoms with van der Waals surface area (Å²) in [6.45, 7) is 0. The second-order valence-electron chi connectivity index (χ2n) is 4.09. The van der Waals surface area contributed by atoms with E-state index in [-0.39, 0.29) is 0 Å². The van der Waals surface area contributed by atoms with Crippen LogP contribution in [0.25, 0.3) is 6.08 Å². The standard InChI is InChI=1S/C16H13NO2S/c1-2-14-9-6-10-16(13-14)17-20(18,19)12-11-15-7-4-3-5-8-15/h1,3-13,17H/b12-11+. The van der Waals surface area contributed by atoms with Gasteiger partial charge in [0, 0.05) is 5.56 Å². The number of hydrogen-bond acceptors (Lipinski definition) is 2.